The molecule has 0 aliphatic rings. The van der Waals surface area contributed by atoms with Crippen molar-refractivity contribution in [2.75, 3.05) is 26.0 Å². The predicted octanol–water partition coefficient (Wildman–Crippen LogP) is 3.98. The van der Waals surface area contributed by atoms with E-state index >= 15 is 0 Å². The molecule has 7 heteroatoms. The lowest BCUT2D eigenvalue weighted by atomic mass is 10.1. The lowest BCUT2D eigenvalue weighted by Crippen LogP contribution is -2.30. The van der Waals surface area contributed by atoms with Crippen LogP contribution in [0.3, 0.4) is 0 Å². The quantitative estimate of drug-likeness (QED) is 0.755. The van der Waals surface area contributed by atoms with Gasteiger partial charge in [0.05, 0.1) is 13.7 Å². The number of carbonyl (C=O) groups is 1. The molecular weight excluding hydrogens is 354 g/mol. The molecule has 0 heterocycles. The Bertz CT molecular complexity index is 797. The van der Waals surface area contributed by atoms with Gasteiger partial charge in [0.15, 0.2) is 11.5 Å². The van der Waals surface area contributed by atoms with E-state index in [1.54, 1.807) is 19.2 Å². The number of nitrogens with one attached hydrogen (secondary N) is 1. The normalized spacial score (nSPS) is 11.0. The van der Waals surface area contributed by atoms with Crippen molar-refractivity contribution in [3.05, 3.63) is 53.1 Å². The van der Waals surface area contributed by atoms with Crippen LogP contribution < -0.4 is 14.8 Å². The first-order valence-electron chi connectivity index (χ1n) is 8.46. The van der Waals surface area contributed by atoms with Gasteiger partial charge in [-0.3, -0.25) is 9.69 Å². The SMILES string of the molecule is COc1cc(CN(C)CC(=O)Nc2ccc(C)cc2C)ccc1OC(F)F. The molecule has 2 aromatic rings. The van der Waals surface area contributed by atoms with E-state index in [1.807, 2.05) is 36.9 Å². The molecule has 27 heavy (non-hydrogen) atoms. The highest BCUT2D eigenvalue weighted by Gasteiger charge is 2.13. The van der Waals surface area contributed by atoms with Gasteiger partial charge in [-0.25, -0.2) is 0 Å². The number of ether oxygens (including phenoxy) is 2. The van der Waals surface area contributed by atoms with Gasteiger partial charge in [-0.15, -0.1) is 0 Å². The second kappa shape index (κ2) is 9.32. The molecule has 5 nitrogen and oxygen atoms in total. The van der Waals surface area contributed by atoms with E-state index in [1.165, 1.54) is 13.2 Å². The number of alkyl halides is 2. The average molecular weight is 378 g/mol. The first kappa shape index (κ1) is 20.6. The third kappa shape index (κ3) is 6.21. The second-order valence-corrected chi connectivity index (χ2v) is 6.40. The van der Waals surface area contributed by atoms with Crippen molar-refractivity contribution >= 4 is 11.6 Å². The molecule has 0 bridgehead atoms. The molecule has 0 spiro atoms. The summed E-state index contributed by atoms with van der Waals surface area (Å²) in [6.45, 7) is 1.66. The van der Waals surface area contributed by atoms with E-state index in [2.05, 4.69) is 10.1 Å². The molecule has 0 unspecified atom stereocenters. The highest BCUT2D eigenvalue weighted by molar-refractivity contribution is 5.92. The Kier molecular flexibility index (Phi) is 7.12. The molecule has 0 fully saturated rings. The minimum Gasteiger partial charge on any atom is -0.493 e. The van der Waals surface area contributed by atoms with Crippen LogP contribution in [-0.4, -0.2) is 38.1 Å². The number of likely N-dealkylation sites (N-methyl/N-ethyl adjacent to an activating group) is 1. The fourth-order valence-electron chi connectivity index (χ4n) is 2.76. The van der Waals surface area contributed by atoms with Crippen molar-refractivity contribution in [1.82, 2.24) is 4.90 Å². The Labute approximate surface area is 157 Å². The van der Waals surface area contributed by atoms with Gasteiger partial charge in [0.1, 0.15) is 0 Å². The molecule has 2 rings (SSSR count). The van der Waals surface area contributed by atoms with Gasteiger partial charge in [-0.05, 0) is 50.2 Å². The number of halogens is 2. The summed E-state index contributed by atoms with van der Waals surface area (Å²) in [5, 5.41) is 2.90. The topological polar surface area (TPSA) is 50.8 Å². The Morgan fingerprint density at radius 2 is 1.89 bits per heavy atom. The third-order valence-corrected chi connectivity index (χ3v) is 3.97. The first-order valence-corrected chi connectivity index (χ1v) is 8.46. The average Bonchev–Trinajstić information content (AvgIpc) is 2.58. The number of benzene rings is 2. The minimum absolute atomic E-state index is 0.0218. The summed E-state index contributed by atoms with van der Waals surface area (Å²) in [5.74, 6) is 0.0708. The molecule has 0 saturated heterocycles. The third-order valence-electron chi connectivity index (χ3n) is 3.97. The highest BCUT2D eigenvalue weighted by atomic mass is 19.3. The molecule has 0 atom stereocenters. The lowest BCUT2D eigenvalue weighted by molar-refractivity contribution is -0.117. The van der Waals surface area contributed by atoms with E-state index in [0.29, 0.717) is 6.54 Å². The van der Waals surface area contributed by atoms with Crippen LogP contribution in [0.15, 0.2) is 36.4 Å². The molecule has 0 saturated carbocycles. The smallest absolute Gasteiger partial charge is 0.387 e. The number of hydrogen-bond acceptors (Lipinski definition) is 4. The summed E-state index contributed by atoms with van der Waals surface area (Å²) >= 11 is 0. The van der Waals surface area contributed by atoms with Crippen molar-refractivity contribution in [3.8, 4) is 11.5 Å². The molecule has 0 aliphatic heterocycles. The molecule has 1 N–H and O–H groups in total. The van der Waals surface area contributed by atoms with Crippen molar-refractivity contribution in [3.63, 3.8) is 0 Å². The van der Waals surface area contributed by atoms with E-state index in [9.17, 15) is 13.6 Å². The van der Waals surface area contributed by atoms with Gasteiger partial charge in [-0.2, -0.15) is 8.78 Å². The fraction of sp³-hybridized carbons (Fsp3) is 0.350. The summed E-state index contributed by atoms with van der Waals surface area (Å²) in [6.07, 6.45) is 0. The van der Waals surface area contributed by atoms with Gasteiger partial charge >= 0.3 is 6.61 Å². The zero-order chi connectivity index (χ0) is 20.0. The van der Waals surface area contributed by atoms with Gasteiger partial charge in [-0.1, -0.05) is 23.8 Å². The highest BCUT2D eigenvalue weighted by Crippen LogP contribution is 2.29. The Balaban J connectivity index is 1.96. The number of amides is 1. The van der Waals surface area contributed by atoms with Gasteiger partial charge < -0.3 is 14.8 Å². The maximum absolute atomic E-state index is 12.4. The summed E-state index contributed by atoms with van der Waals surface area (Å²) in [5.41, 5.74) is 3.74. The van der Waals surface area contributed by atoms with Crippen LogP contribution in [0.2, 0.25) is 0 Å². The van der Waals surface area contributed by atoms with Crippen LogP contribution in [0, 0.1) is 13.8 Å². The lowest BCUT2D eigenvalue weighted by Gasteiger charge is -2.18. The molecule has 0 radical (unpaired) electrons. The summed E-state index contributed by atoms with van der Waals surface area (Å²) in [6, 6.07) is 10.6. The van der Waals surface area contributed by atoms with Crippen molar-refractivity contribution < 1.29 is 23.0 Å². The van der Waals surface area contributed by atoms with Crippen molar-refractivity contribution in [2.24, 2.45) is 0 Å². The number of anilines is 1. The van der Waals surface area contributed by atoms with Gasteiger partial charge in [0, 0.05) is 12.2 Å². The van der Waals surface area contributed by atoms with E-state index in [-0.39, 0.29) is 24.0 Å². The number of nitrogens with zero attached hydrogens (tertiary/aromatic N) is 1. The molecule has 1 amide bonds. The molecule has 2 aromatic carbocycles. The largest absolute Gasteiger partial charge is 0.493 e. The molecule has 0 aromatic heterocycles. The summed E-state index contributed by atoms with van der Waals surface area (Å²) in [4.78, 5) is 14.1. The van der Waals surface area contributed by atoms with Crippen LogP contribution in [0.1, 0.15) is 16.7 Å². The van der Waals surface area contributed by atoms with Gasteiger partial charge in [0.2, 0.25) is 5.91 Å². The number of hydrogen-bond donors (Lipinski definition) is 1. The standard InChI is InChI=1S/C20H24F2N2O3/c1-13-5-7-16(14(2)9-13)23-19(25)12-24(3)11-15-6-8-17(27-20(21)22)18(10-15)26-4/h5-10,20H,11-12H2,1-4H3,(H,23,25). The summed E-state index contributed by atoms with van der Waals surface area (Å²) < 4.78 is 34.3. The van der Waals surface area contributed by atoms with Crippen LogP contribution >= 0.6 is 0 Å². The zero-order valence-electron chi connectivity index (χ0n) is 15.9. The van der Waals surface area contributed by atoms with E-state index < -0.39 is 6.61 Å². The fourth-order valence-corrected chi connectivity index (χ4v) is 2.76. The Hall–Kier alpha value is -2.67. The molecule has 146 valence electrons. The number of carbonyl (C=O) groups excluding carboxylic acids is 1. The van der Waals surface area contributed by atoms with Crippen LogP contribution in [-0.2, 0) is 11.3 Å². The summed E-state index contributed by atoms with van der Waals surface area (Å²) in [7, 11) is 3.19. The van der Waals surface area contributed by atoms with Crippen molar-refractivity contribution in [2.45, 2.75) is 27.0 Å². The maximum atomic E-state index is 12.4. The second-order valence-electron chi connectivity index (χ2n) is 6.40. The molecule has 0 aliphatic carbocycles. The van der Waals surface area contributed by atoms with Crippen LogP contribution in [0.4, 0.5) is 14.5 Å². The number of rotatable bonds is 8. The zero-order valence-corrected chi connectivity index (χ0v) is 15.9. The molecular formula is C20H24F2N2O3. The van der Waals surface area contributed by atoms with Crippen LogP contribution in [0.5, 0.6) is 11.5 Å². The Morgan fingerprint density at radius 1 is 1.15 bits per heavy atom. The van der Waals surface area contributed by atoms with Crippen molar-refractivity contribution in [1.29, 1.82) is 0 Å². The maximum Gasteiger partial charge on any atom is 0.387 e. The van der Waals surface area contributed by atoms with E-state index in [4.69, 9.17) is 4.74 Å². The number of aryl methyl sites for hydroxylation is 2. The first-order chi connectivity index (χ1) is 12.8. The minimum atomic E-state index is -2.92. The van der Waals surface area contributed by atoms with E-state index in [0.717, 1.165) is 22.4 Å². The number of methoxy groups -OCH3 is 1. The van der Waals surface area contributed by atoms with Crippen LogP contribution in [0.25, 0.3) is 0 Å². The Morgan fingerprint density at radius 3 is 2.52 bits per heavy atom. The predicted molar refractivity (Wildman–Crippen MR) is 101 cm³/mol. The van der Waals surface area contributed by atoms with Gasteiger partial charge in [0.25, 0.3) is 0 Å². The monoisotopic (exact) mass is 378 g/mol.